The van der Waals surface area contributed by atoms with E-state index in [1.165, 1.54) is 37.2 Å². The minimum absolute atomic E-state index is 0.574. The average Bonchev–Trinajstić information content (AvgIpc) is 2.33. The molecular formula is C12H17ClN2S. The third-order valence-corrected chi connectivity index (χ3v) is 4.28. The van der Waals surface area contributed by atoms with E-state index in [0.717, 1.165) is 11.7 Å². The summed E-state index contributed by atoms with van der Waals surface area (Å²) in [4.78, 5) is 4.08. The summed E-state index contributed by atoms with van der Waals surface area (Å²) in [6, 6.07) is 3.92. The zero-order valence-electron chi connectivity index (χ0n) is 9.29. The highest BCUT2D eigenvalue weighted by molar-refractivity contribution is 7.98. The summed E-state index contributed by atoms with van der Waals surface area (Å²) in [6.07, 6.45) is 4.57. The van der Waals surface area contributed by atoms with E-state index in [0.29, 0.717) is 5.15 Å². The molecule has 4 heteroatoms. The first-order valence-corrected chi connectivity index (χ1v) is 7.27. The van der Waals surface area contributed by atoms with Crippen molar-refractivity contribution in [1.82, 2.24) is 10.3 Å². The number of halogens is 1. The van der Waals surface area contributed by atoms with Crippen LogP contribution in [-0.2, 0) is 5.75 Å². The minimum atomic E-state index is 0.574. The van der Waals surface area contributed by atoms with Gasteiger partial charge in [-0.15, -0.1) is 0 Å². The zero-order chi connectivity index (χ0) is 11.2. The SMILES string of the molecule is Clc1ccc(CSC[C@H]2CCCNC2)cn1. The van der Waals surface area contributed by atoms with E-state index < -0.39 is 0 Å². The van der Waals surface area contributed by atoms with Gasteiger partial charge in [-0.25, -0.2) is 4.98 Å². The number of aromatic nitrogens is 1. The van der Waals surface area contributed by atoms with Crippen LogP contribution >= 0.6 is 23.4 Å². The largest absolute Gasteiger partial charge is 0.316 e. The van der Waals surface area contributed by atoms with E-state index in [9.17, 15) is 0 Å². The molecule has 1 atom stereocenters. The van der Waals surface area contributed by atoms with E-state index in [-0.39, 0.29) is 0 Å². The molecule has 2 nitrogen and oxygen atoms in total. The summed E-state index contributed by atoms with van der Waals surface area (Å²) in [7, 11) is 0. The van der Waals surface area contributed by atoms with Crippen molar-refractivity contribution in [2.75, 3.05) is 18.8 Å². The van der Waals surface area contributed by atoms with Gasteiger partial charge in [-0.3, -0.25) is 0 Å². The molecule has 0 amide bonds. The third kappa shape index (κ3) is 3.96. The highest BCUT2D eigenvalue weighted by atomic mass is 35.5. The van der Waals surface area contributed by atoms with Gasteiger partial charge in [-0.05, 0) is 49.2 Å². The molecule has 88 valence electrons. The molecule has 1 aliphatic heterocycles. The van der Waals surface area contributed by atoms with Gasteiger partial charge in [0.1, 0.15) is 5.15 Å². The van der Waals surface area contributed by atoms with Crippen molar-refractivity contribution >= 4 is 23.4 Å². The van der Waals surface area contributed by atoms with Gasteiger partial charge in [0.15, 0.2) is 0 Å². The van der Waals surface area contributed by atoms with Crippen molar-refractivity contribution in [1.29, 1.82) is 0 Å². The number of nitrogens with zero attached hydrogens (tertiary/aromatic N) is 1. The van der Waals surface area contributed by atoms with Crippen LogP contribution in [-0.4, -0.2) is 23.8 Å². The average molecular weight is 257 g/mol. The van der Waals surface area contributed by atoms with Crippen molar-refractivity contribution in [3.8, 4) is 0 Å². The molecule has 2 rings (SSSR count). The summed E-state index contributed by atoms with van der Waals surface area (Å²) in [5, 5.41) is 4.02. The van der Waals surface area contributed by atoms with Crippen LogP contribution in [0.25, 0.3) is 0 Å². The van der Waals surface area contributed by atoms with Gasteiger partial charge in [0.05, 0.1) is 0 Å². The number of piperidine rings is 1. The van der Waals surface area contributed by atoms with Crippen molar-refractivity contribution in [2.24, 2.45) is 5.92 Å². The summed E-state index contributed by atoms with van der Waals surface area (Å²) in [5.41, 5.74) is 1.26. The Morgan fingerprint density at radius 1 is 1.50 bits per heavy atom. The molecule has 1 saturated heterocycles. The fraction of sp³-hybridized carbons (Fsp3) is 0.583. The summed E-state index contributed by atoms with van der Waals surface area (Å²) in [5.74, 6) is 3.13. The van der Waals surface area contributed by atoms with Crippen LogP contribution in [0.2, 0.25) is 5.15 Å². The maximum Gasteiger partial charge on any atom is 0.129 e. The predicted octanol–water partition coefficient (Wildman–Crippen LogP) is 2.97. The second-order valence-corrected chi connectivity index (χ2v) is 5.63. The molecule has 0 bridgehead atoms. The highest BCUT2D eigenvalue weighted by Crippen LogP contribution is 2.20. The first kappa shape index (κ1) is 12.2. The maximum absolute atomic E-state index is 5.74. The molecule has 0 aromatic carbocycles. The fourth-order valence-electron chi connectivity index (χ4n) is 1.90. The molecule has 0 saturated carbocycles. The molecule has 0 spiro atoms. The molecule has 1 aromatic rings. The molecular weight excluding hydrogens is 240 g/mol. The van der Waals surface area contributed by atoms with Crippen LogP contribution in [0.3, 0.4) is 0 Å². The fourth-order valence-corrected chi connectivity index (χ4v) is 3.16. The van der Waals surface area contributed by atoms with E-state index in [1.54, 1.807) is 0 Å². The van der Waals surface area contributed by atoms with E-state index >= 15 is 0 Å². The van der Waals surface area contributed by atoms with Crippen molar-refractivity contribution < 1.29 is 0 Å². The van der Waals surface area contributed by atoms with Gasteiger partial charge in [0.25, 0.3) is 0 Å². The van der Waals surface area contributed by atoms with Crippen molar-refractivity contribution in [3.05, 3.63) is 29.0 Å². The second-order valence-electron chi connectivity index (χ2n) is 4.22. The van der Waals surface area contributed by atoms with Gasteiger partial charge in [-0.2, -0.15) is 11.8 Å². The van der Waals surface area contributed by atoms with Gasteiger partial charge in [0, 0.05) is 11.9 Å². The predicted molar refractivity (Wildman–Crippen MR) is 71.0 cm³/mol. The maximum atomic E-state index is 5.74. The lowest BCUT2D eigenvalue weighted by Crippen LogP contribution is -2.30. The first-order valence-electron chi connectivity index (χ1n) is 5.73. The third-order valence-electron chi connectivity index (χ3n) is 2.81. The lowest BCUT2D eigenvalue weighted by Gasteiger charge is -2.22. The number of hydrogen-bond donors (Lipinski definition) is 1. The molecule has 1 aromatic heterocycles. The quantitative estimate of drug-likeness (QED) is 0.839. The van der Waals surface area contributed by atoms with Gasteiger partial charge >= 0.3 is 0 Å². The molecule has 2 heterocycles. The molecule has 0 radical (unpaired) electrons. The minimum Gasteiger partial charge on any atom is -0.316 e. The van der Waals surface area contributed by atoms with Crippen LogP contribution in [0, 0.1) is 5.92 Å². The Kier molecular flexibility index (Phi) is 4.94. The molecule has 1 aliphatic rings. The van der Waals surface area contributed by atoms with Crippen LogP contribution in [0.4, 0.5) is 0 Å². The number of thioether (sulfide) groups is 1. The lowest BCUT2D eigenvalue weighted by atomic mass is 10.0. The number of hydrogen-bond acceptors (Lipinski definition) is 3. The number of pyridine rings is 1. The molecule has 1 N–H and O–H groups in total. The Morgan fingerprint density at radius 3 is 3.12 bits per heavy atom. The van der Waals surface area contributed by atoms with E-state index in [4.69, 9.17) is 11.6 Å². The number of rotatable bonds is 4. The van der Waals surface area contributed by atoms with Crippen molar-refractivity contribution in [3.63, 3.8) is 0 Å². The first-order chi connectivity index (χ1) is 7.84. The number of nitrogens with one attached hydrogen (secondary N) is 1. The van der Waals surface area contributed by atoms with Crippen LogP contribution < -0.4 is 5.32 Å². The normalized spacial score (nSPS) is 20.9. The second kappa shape index (κ2) is 6.48. The molecule has 16 heavy (non-hydrogen) atoms. The van der Waals surface area contributed by atoms with Gasteiger partial charge in [-0.1, -0.05) is 17.7 Å². The van der Waals surface area contributed by atoms with E-state index in [1.807, 2.05) is 24.0 Å². The van der Waals surface area contributed by atoms with Crippen molar-refractivity contribution in [2.45, 2.75) is 18.6 Å². The summed E-state index contributed by atoms with van der Waals surface area (Å²) < 4.78 is 0. The van der Waals surface area contributed by atoms with E-state index in [2.05, 4.69) is 16.4 Å². The Morgan fingerprint density at radius 2 is 2.44 bits per heavy atom. The Bertz CT molecular complexity index is 309. The smallest absolute Gasteiger partial charge is 0.129 e. The zero-order valence-corrected chi connectivity index (χ0v) is 10.9. The van der Waals surface area contributed by atoms with Crippen LogP contribution in [0.15, 0.2) is 18.3 Å². The van der Waals surface area contributed by atoms with Gasteiger partial charge in [0.2, 0.25) is 0 Å². The molecule has 1 fully saturated rings. The van der Waals surface area contributed by atoms with Crippen LogP contribution in [0.1, 0.15) is 18.4 Å². The Hall–Kier alpha value is -0.250. The summed E-state index contributed by atoms with van der Waals surface area (Å²) in [6.45, 7) is 2.38. The molecule has 0 aliphatic carbocycles. The standard InChI is InChI=1S/C12H17ClN2S/c13-12-4-3-11(7-15-12)9-16-8-10-2-1-5-14-6-10/h3-4,7,10,14H,1-2,5-6,8-9H2/t10-/m0/s1. The topological polar surface area (TPSA) is 24.9 Å². The Balaban J connectivity index is 1.69. The lowest BCUT2D eigenvalue weighted by molar-refractivity contribution is 0.410. The van der Waals surface area contributed by atoms with Gasteiger partial charge < -0.3 is 5.32 Å². The highest BCUT2D eigenvalue weighted by Gasteiger charge is 2.12. The molecule has 0 unspecified atom stereocenters. The monoisotopic (exact) mass is 256 g/mol. The summed E-state index contributed by atoms with van der Waals surface area (Å²) >= 11 is 7.74. The Labute approximate surface area is 106 Å². The van der Waals surface area contributed by atoms with Crippen LogP contribution in [0.5, 0.6) is 0 Å².